The molecule has 0 saturated heterocycles. The molecule has 0 aromatic heterocycles. The number of ketones is 1. The number of amides is 3. The molecule has 0 rings (SSSR count). The highest BCUT2D eigenvalue weighted by molar-refractivity contribution is 5.98. The Labute approximate surface area is 105 Å². The smallest absolute Gasteiger partial charge is 0.239 e. The van der Waals surface area contributed by atoms with Gasteiger partial charge in [-0.05, 0) is 13.0 Å². The van der Waals surface area contributed by atoms with Crippen LogP contribution in [-0.2, 0) is 19.2 Å². The van der Waals surface area contributed by atoms with E-state index in [0.717, 1.165) is 6.08 Å². The van der Waals surface area contributed by atoms with Crippen molar-refractivity contribution >= 4 is 23.5 Å². The van der Waals surface area contributed by atoms with Gasteiger partial charge in [-0.25, -0.2) is 0 Å². The Morgan fingerprint density at radius 2 is 1.50 bits per heavy atom. The first-order valence-electron chi connectivity index (χ1n) is 5.45. The van der Waals surface area contributed by atoms with Gasteiger partial charge in [-0.2, -0.15) is 0 Å². The first-order valence-corrected chi connectivity index (χ1v) is 5.45. The summed E-state index contributed by atoms with van der Waals surface area (Å²) in [5.41, 5.74) is 0. The molecule has 0 aromatic rings. The van der Waals surface area contributed by atoms with E-state index >= 15 is 0 Å². The van der Waals surface area contributed by atoms with Crippen LogP contribution in [0.5, 0.6) is 0 Å². The minimum atomic E-state index is -0.550. The number of nitrogens with one attached hydrogen (secondary N) is 3. The summed E-state index contributed by atoms with van der Waals surface area (Å²) in [7, 11) is 0. The normalized spacial score (nSPS) is 9.17. The van der Waals surface area contributed by atoms with Crippen LogP contribution >= 0.6 is 0 Å². The Bertz CT molecular complexity index is 352. The molecule has 0 fully saturated rings. The quantitative estimate of drug-likeness (QED) is 0.362. The minimum Gasteiger partial charge on any atom is -0.356 e. The molecule has 100 valence electrons. The molecule has 3 amide bonds. The lowest BCUT2D eigenvalue weighted by Crippen LogP contribution is -2.40. The maximum atomic E-state index is 11.2. The molecule has 0 aliphatic carbocycles. The lowest BCUT2D eigenvalue weighted by Gasteiger charge is -2.05. The van der Waals surface area contributed by atoms with Gasteiger partial charge in [0.15, 0.2) is 5.78 Å². The van der Waals surface area contributed by atoms with Crippen molar-refractivity contribution in [2.45, 2.75) is 13.3 Å². The average molecular weight is 255 g/mol. The standard InChI is InChI=1S/C11H17N3O4/c1-3-8(15)6-13-11(18)7-14-10(17)5-9(16)12-4-2/h3H,1,4-7H2,2H3,(H,12,16)(H,13,18)(H,14,17). The first-order chi connectivity index (χ1) is 8.49. The van der Waals surface area contributed by atoms with E-state index in [1.165, 1.54) is 0 Å². The molecular weight excluding hydrogens is 238 g/mol. The average Bonchev–Trinajstić information content (AvgIpc) is 2.33. The van der Waals surface area contributed by atoms with Crippen molar-refractivity contribution in [2.75, 3.05) is 19.6 Å². The van der Waals surface area contributed by atoms with Crippen molar-refractivity contribution in [3.05, 3.63) is 12.7 Å². The molecule has 0 spiro atoms. The number of rotatable bonds is 8. The van der Waals surface area contributed by atoms with Gasteiger partial charge in [0.2, 0.25) is 17.7 Å². The van der Waals surface area contributed by atoms with Crippen LogP contribution in [0.25, 0.3) is 0 Å². The van der Waals surface area contributed by atoms with Gasteiger partial charge in [-0.3, -0.25) is 19.2 Å². The fourth-order valence-electron chi connectivity index (χ4n) is 0.967. The molecule has 0 aliphatic rings. The largest absolute Gasteiger partial charge is 0.356 e. The van der Waals surface area contributed by atoms with Crippen LogP contribution < -0.4 is 16.0 Å². The minimum absolute atomic E-state index is 0.158. The molecule has 0 aliphatic heterocycles. The monoisotopic (exact) mass is 255 g/mol. The molecule has 0 aromatic carbocycles. The Hall–Kier alpha value is -2.18. The number of carbonyl (C=O) groups is 4. The highest BCUT2D eigenvalue weighted by Crippen LogP contribution is 1.80. The summed E-state index contributed by atoms with van der Waals surface area (Å²) >= 11 is 0. The highest BCUT2D eigenvalue weighted by atomic mass is 16.2. The van der Waals surface area contributed by atoms with Crippen molar-refractivity contribution in [3.63, 3.8) is 0 Å². The second-order valence-electron chi connectivity index (χ2n) is 3.35. The maximum Gasteiger partial charge on any atom is 0.239 e. The van der Waals surface area contributed by atoms with Crippen molar-refractivity contribution in [2.24, 2.45) is 0 Å². The van der Waals surface area contributed by atoms with Crippen LogP contribution in [0.4, 0.5) is 0 Å². The fraction of sp³-hybridized carbons (Fsp3) is 0.455. The molecule has 0 bridgehead atoms. The predicted molar refractivity (Wildman–Crippen MR) is 64.5 cm³/mol. The van der Waals surface area contributed by atoms with Crippen molar-refractivity contribution in [3.8, 4) is 0 Å². The Kier molecular flexibility index (Phi) is 7.83. The van der Waals surface area contributed by atoms with Crippen LogP contribution in [-0.4, -0.2) is 43.1 Å². The summed E-state index contributed by atoms with van der Waals surface area (Å²) in [6.45, 7) is 4.99. The second-order valence-corrected chi connectivity index (χ2v) is 3.35. The SMILES string of the molecule is C=CC(=O)CNC(=O)CNC(=O)CC(=O)NCC. The van der Waals surface area contributed by atoms with E-state index in [0.29, 0.717) is 6.54 Å². The number of hydrogen-bond acceptors (Lipinski definition) is 4. The van der Waals surface area contributed by atoms with Crippen LogP contribution in [0.3, 0.4) is 0 Å². The summed E-state index contributed by atoms with van der Waals surface area (Å²) in [5.74, 6) is -1.78. The summed E-state index contributed by atoms with van der Waals surface area (Å²) in [5, 5.41) is 7.01. The molecule has 7 heteroatoms. The number of hydrogen-bond donors (Lipinski definition) is 3. The summed E-state index contributed by atoms with van der Waals surface area (Å²) < 4.78 is 0. The van der Waals surface area contributed by atoms with Gasteiger partial charge >= 0.3 is 0 Å². The number of carbonyl (C=O) groups excluding carboxylic acids is 4. The van der Waals surface area contributed by atoms with Gasteiger partial charge in [0.1, 0.15) is 6.42 Å². The molecule has 0 unspecified atom stereocenters. The van der Waals surface area contributed by atoms with Crippen LogP contribution in [0.15, 0.2) is 12.7 Å². The van der Waals surface area contributed by atoms with Crippen LogP contribution in [0.1, 0.15) is 13.3 Å². The Balaban J connectivity index is 3.78. The van der Waals surface area contributed by atoms with Crippen LogP contribution in [0, 0.1) is 0 Å². The van der Waals surface area contributed by atoms with Crippen molar-refractivity contribution < 1.29 is 19.2 Å². The van der Waals surface area contributed by atoms with Gasteiger partial charge < -0.3 is 16.0 Å². The van der Waals surface area contributed by atoms with Gasteiger partial charge in [0.25, 0.3) is 0 Å². The van der Waals surface area contributed by atoms with Gasteiger partial charge in [-0.1, -0.05) is 6.58 Å². The molecule has 3 N–H and O–H groups in total. The van der Waals surface area contributed by atoms with Crippen molar-refractivity contribution in [1.82, 2.24) is 16.0 Å². The molecule has 0 radical (unpaired) electrons. The fourth-order valence-corrected chi connectivity index (χ4v) is 0.967. The second kappa shape index (κ2) is 8.91. The molecule has 7 nitrogen and oxygen atoms in total. The van der Waals surface area contributed by atoms with Gasteiger partial charge in [0.05, 0.1) is 13.1 Å². The van der Waals surface area contributed by atoms with E-state index in [-0.39, 0.29) is 25.3 Å². The topological polar surface area (TPSA) is 104 Å². The van der Waals surface area contributed by atoms with E-state index in [4.69, 9.17) is 0 Å². The van der Waals surface area contributed by atoms with Crippen molar-refractivity contribution in [1.29, 1.82) is 0 Å². The summed E-state index contributed by atoms with van der Waals surface area (Å²) in [4.78, 5) is 44.2. The molecule has 18 heavy (non-hydrogen) atoms. The molecular formula is C11H17N3O4. The van der Waals surface area contributed by atoms with Crippen LogP contribution in [0.2, 0.25) is 0 Å². The first kappa shape index (κ1) is 15.8. The summed E-state index contributed by atoms with van der Waals surface area (Å²) in [6.07, 6.45) is 0.765. The van der Waals surface area contributed by atoms with E-state index in [1.54, 1.807) is 6.92 Å². The van der Waals surface area contributed by atoms with E-state index < -0.39 is 17.7 Å². The van der Waals surface area contributed by atoms with E-state index in [1.807, 2.05) is 0 Å². The zero-order valence-electron chi connectivity index (χ0n) is 10.2. The predicted octanol–water partition coefficient (Wildman–Crippen LogP) is -1.50. The maximum absolute atomic E-state index is 11.2. The zero-order chi connectivity index (χ0) is 14.0. The third-order valence-electron chi connectivity index (χ3n) is 1.83. The molecule has 0 heterocycles. The lowest BCUT2D eigenvalue weighted by molar-refractivity contribution is -0.131. The highest BCUT2D eigenvalue weighted by Gasteiger charge is 2.10. The third kappa shape index (κ3) is 8.03. The summed E-state index contributed by atoms with van der Waals surface area (Å²) in [6, 6.07) is 0. The molecule has 0 saturated carbocycles. The third-order valence-corrected chi connectivity index (χ3v) is 1.83. The molecule has 0 atom stereocenters. The zero-order valence-corrected chi connectivity index (χ0v) is 10.2. The lowest BCUT2D eigenvalue weighted by atomic mass is 10.3. The Morgan fingerprint density at radius 3 is 2.06 bits per heavy atom. The van der Waals surface area contributed by atoms with E-state index in [9.17, 15) is 19.2 Å². The van der Waals surface area contributed by atoms with Gasteiger partial charge in [-0.15, -0.1) is 0 Å². The van der Waals surface area contributed by atoms with Gasteiger partial charge in [0, 0.05) is 6.54 Å². The Morgan fingerprint density at radius 1 is 0.944 bits per heavy atom. The van der Waals surface area contributed by atoms with E-state index in [2.05, 4.69) is 22.5 Å².